The zero-order valence-corrected chi connectivity index (χ0v) is 10.8. The number of hydrogen-bond acceptors (Lipinski definition) is 3. The van der Waals surface area contributed by atoms with Crippen molar-refractivity contribution in [1.29, 1.82) is 5.41 Å². The van der Waals surface area contributed by atoms with Gasteiger partial charge < -0.3 is 15.4 Å². The molecule has 17 heavy (non-hydrogen) atoms. The largest absolute Gasteiger partial charge is 0.385 e. The lowest BCUT2D eigenvalue weighted by molar-refractivity contribution is 0.196. The Hall–Kier alpha value is -1.55. The van der Waals surface area contributed by atoms with Gasteiger partial charge in [0.2, 0.25) is 0 Å². The summed E-state index contributed by atoms with van der Waals surface area (Å²) in [6.45, 7) is 3.67. The first kappa shape index (κ1) is 13.5. The fourth-order valence-electron chi connectivity index (χ4n) is 1.94. The van der Waals surface area contributed by atoms with Crippen molar-refractivity contribution in [2.45, 2.75) is 13.3 Å². The van der Waals surface area contributed by atoms with Crippen LogP contribution in [0.4, 0.5) is 5.69 Å². The van der Waals surface area contributed by atoms with Gasteiger partial charge in [0.25, 0.3) is 0 Å². The second kappa shape index (κ2) is 6.25. The van der Waals surface area contributed by atoms with Crippen LogP contribution in [0.2, 0.25) is 0 Å². The Morgan fingerprint density at radius 1 is 1.47 bits per heavy atom. The summed E-state index contributed by atoms with van der Waals surface area (Å²) in [6.07, 6.45) is 0.957. The van der Waals surface area contributed by atoms with Gasteiger partial charge in [0.15, 0.2) is 0 Å². The summed E-state index contributed by atoms with van der Waals surface area (Å²) in [5.74, 6) is 0.113. The molecule has 0 radical (unpaired) electrons. The molecular weight excluding hydrogens is 214 g/mol. The summed E-state index contributed by atoms with van der Waals surface area (Å²) >= 11 is 0. The Morgan fingerprint density at radius 2 is 2.18 bits per heavy atom. The van der Waals surface area contributed by atoms with Crippen molar-refractivity contribution >= 4 is 11.5 Å². The summed E-state index contributed by atoms with van der Waals surface area (Å²) in [4.78, 5) is 2.13. The summed E-state index contributed by atoms with van der Waals surface area (Å²) in [5, 5.41) is 7.61. The number of nitrogens with one attached hydrogen (secondary N) is 1. The van der Waals surface area contributed by atoms with Crippen LogP contribution in [0.1, 0.15) is 17.5 Å². The molecule has 0 aliphatic heterocycles. The molecule has 0 saturated carbocycles. The zero-order valence-electron chi connectivity index (χ0n) is 10.8. The molecule has 0 atom stereocenters. The molecule has 0 bridgehead atoms. The van der Waals surface area contributed by atoms with E-state index in [0.29, 0.717) is 0 Å². The lowest BCUT2D eigenvalue weighted by Gasteiger charge is -2.24. The van der Waals surface area contributed by atoms with Crippen LogP contribution in [-0.4, -0.2) is 33.1 Å². The lowest BCUT2D eigenvalue weighted by atomic mass is 10.1. The van der Waals surface area contributed by atoms with Crippen molar-refractivity contribution < 1.29 is 4.74 Å². The van der Waals surface area contributed by atoms with Gasteiger partial charge in [-0.3, -0.25) is 5.41 Å². The number of rotatable bonds is 6. The Bertz CT molecular complexity index is 390. The number of ether oxygens (including phenoxy) is 1. The van der Waals surface area contributed by atoms with Crippen LogP contribution in [0, 0.1) is 12.3 Å². The van der Waals surface area contributed by atoms with Crippen molar-refractivity contribution in [3.63, 3.8) is 0 Å². The molecule has 0 spiro atoms. The molecule has 0 heterocycles. The van der Waals surface area contributed by atoms with Crippen LogP contribution in [0.15, 0.2) is 18.2 Å². The van der Waals surface area contributed by atoms with Crippen molar-refractivity contribution in [2.24, 2.45) is 5.73 Å². The Balaban J connectivity index is 2.90. The Labute approximate surface area is 103 Å². The van der Waals surface area contributed by atoms with Gasteiger partial charge in [0, 0.05) is 32.9 Å². The molecule has 0 unspecified atom stereocenters. The van der Waals surface area contributed by atoms with Gasteiger partial charge in [-0.25, -0.2) is 0 Å². The number of anilines is 1. The van der Waals surface area contributed by atoms with Crippen LogP contribution in [-0.2, 0) is 4.74 Å². The van der Waals surface area contributed by atoms with Crippen molar-refractivity contribution in [3.05, 3.63) is 29.3 Å². The van der Waals surface area contributed by atoms with Gasteiger partial charge >= 0.3 is 0 Å². The van der Waals surface area contributed by atoms with E-state index in [1.807, 2.05) is 32.2 Å². The minimum absolute atomic E-state index is 0.113. The monoisotopic (exact) mass is 235 g/mol. The fraction of sp³-hybridized carbons (Fsp3) is 0.462. The van der Waals surface area contributed by atoms with Crippen LogP contribution in [0.5, 0.6) is 0 Å². The van der Waals surface area contributed by atoms with E-state index < -0.39 is 0 Å². The summed E-state index contributed by atoms with van der Waals surface area (Å²) < 4.78 is 5.04. The lowest BCUT2D eigenvalue weighted by Crippen LogP contribution is -2.25. The average molecular weight is 235 g/mol. The number of nitrogens with zero attached hydrogens (tertiary/aromatic N) is 1. The topological polar surface area (TPSA) is 62.3 Å². The molecule has 0 aliphatic rings. The van der Waals surface area contributed by atoms with Gasteiger partial charge in [-0.05, 0) is 25.0 Å². The third-order valence-corrected chi connectivity index (χ3v) is 2.75. The van der Waals surface area contributed by atoms with Crippen LogP contribution in [0.25, 0.3) is 0 Å². The molecule has 0 saturated heterocycles. The maximum Gasteiger partial charge on any atom is 0.124 e. The van der Waals surface area contributed by atoms with E-state index in [1.165, 1.54) is 0 Å². The fourth-order valence-corrected chi connectivity index (χ4v) is 1.94. The van der Waals surface area contributed by atoms with E-state index in [2.05, 4.69) is 4.90 Å². The Kier molecular flexibility index (Phi) is 4.97. The van der Waals surface area contributed by atoms with E-state index in [1.54, 1.807) is 7.11 Å². The third-order valence-electron chi connectivity index (χ3n) is 2.75. The minimum Gasteiger partial charge on any atom is -0.385 e. The summed E-state index contributed by atoms with van der Waals surface area (Å²) in [5.41, 5.74) is 8.58. The molecule has 3 N–H and O–H groups in total. The van der Waals surface area contributed by atoms with Gasteiger partial charge in [0.1, 0.15) is 5.84 Å². The average Bonchev–Trinajstić information content (AvgIpc) is 2.28. The zero-order chi connectivity index (χ0) is 12.8. The smallest absolute Gasteiger partial charge is 0.124 e. The van der Waals surface area contributed by atoms with E-state index >= 15 is 0 Å². The van der Waals surface area contributed by atoms with Crippen molar-refractivity contribution in [1.82, 2.24) is 0 Å². The normalized spacial score (nSPS) is 10.3. The summed E-state index contributed by atoms with van der Waals surface area (Å²) in [7, 11) is 3.72. The highest BCUT2D eigenvalue weighted by molar-refractivity contribution is 6.01. The van der Waals surface area contributed by atoms with Gasteiger partial charge in [-0.15, -0.1) is 0 Å². The van der Waals surface area contributed by atoms with E-state index in [0.717, 1.165) is 36.4 Å². The highest BCUT2D eigenvalue weighted by Gasteiger charge is 2.11. The molecule has 94 valence electrons. The molecular formula is C13H21N3O. The second-order valence-electron chi connectivity index (χ2n) is 4.15. The molecule has 4 nitrogen and oxygen atoms in total. The SMILES string of the molecule is COCCCN(C)c1c(C)cccc1C(=N)N. The summed E-state index contributed by atoms with van der Waals surface area (Å²) in [6, 6.07) is 5.85. The van der Waals surface area contributed by atoms with E-state index in [9.17, 15) is 0 Å². The second-order valence-corrected chi connectivity index (χ2v) is 4.15. The maximum absolute atomic E-state index is 7.61. The van der Waals surface area contributed by atoms with Gasteiger partial charge in [0.05, 0.1) is 5.69 Å². The number of para-hydroxylation sites is 1. The molecule has 0 aromatic heterocycles. The Morgan fingerprint density at radius 3 is 2.76 bits per heavy atom. The van der Waals surface area contributed by atoms with Gasteiger partial charge in [-0.1, -0.05) is 12.1 Å². The van der Waals surface area contributed by atoms with Crippen LogP contribution < -0.4 is 10.6 Å². The number of benzene rings is 1. The third kappa shape index (κ3) is 3.46. The first-order valence-electron chi connectivity index (χ1n) is 5.72. The van der Waals surface area contributed by atoms with E-state index in [-0.39, 0.29) is 5.84 Å². The van der Waals surface area contributed by atoms with Crippen molar-refractivity contribution in [3.8, 4) is 0 Å². The molecule has 0 fully saturated rings. The molecule has 1 rings (SSSR count). The molecule has 1 aromatic carbocycles. The highest BCUT2D eigenvalue weighted by Crippen LogP contribution is 2.23. The number of nitrogens with two attached hydrogens (primary N) is 1. The molecule has 4 heteroatoms. The van der Waals surface area contributed by atoms with Crippen LogP contribution in [0.3, 0.4) is 0 Å². The molecule has 0 aliphatic carbocycles. The first-order chi connectivity index (χ1) is 8.07. The highest BCUT2D eigenvalue weighted by atomic mass is 16.5. The molecule has 0 amide bonds. The van der Waals surface area contributed by atoms with Crippen molar-refractivity contribution in [2.75, 3.05) is 32.2 Å². The standard InChI is InChI=1S/C13H21N3O/c1-10-6-4-7-11(13(14)15)12(10)16(2)8-5-9-17-3/h4,6-7H,5,8-9H2,1-3H3,(H3,14,15). The van der Waals surface area contributed by atoms with Gasteiger partial charge in [-0.2, -0.15) is 0 Å². The predicted octanol–water partition coefficient (Wildman–Crippen LogP) is 1.75. The quantitative estimate of drug-likeness (QED) is 0.448. The molecule has 1 aromatic rings. The number of nitrogen functional groups attached to an aromatic ring is 1. The number of methoxy groups -OCH3 is 1. The number of aryl methyl sites for hydroxylation is 1. The predicted molar refractivity (Wildman–Crippen MR) is 72.0 cm³/mol. The van der Waals surface area contributed by atoms with Crippen LogP contribution >= 0.6 is 0 Å². The number of hydrogen-bond donors (Lipinski definition) is 2. The first-order valence-corrected chi connectivity index (χ1v) is 5.72. The minimum atomic E-state index is 0.113. The van der Waals surface area contributed by atoms with E-state index in [4.69, 9.17) is 15.9 Å². The maximum atomic E-state index is 7.61. The number of amidine groups is 1.